The van der Waals surface area contributed by atoms with Gasteiger partial charge in [0.05, 0.1) is 17.0 Å². The van der Waals surface area contributed by atoms with E-state index in [1.165, 1.54) is 4.68 Å². The molecule has 2 bridgehead atoms. The van der Waals surface area contributed by atoms with E-state index in [-0.39, 0.29) is 12.1 Å². The molecule has 2 saturated heterocycles. The molecule has 116 valence electrons. The summed E-state index contributed by atoms with van der Waals surface area (Å²) in [5, 5.41) is 20.9. The minimum absolute atomic E-state index is 0.153. The summed E-state index contributed by atoms with van der Waals surface area (Å²) in [6, 6.07) is 8.00. The van der Waals surface area contributed by atoms with E-state index in [9.17, 15) is 9.90 Å². The average Bonchev–Trinajstić information content (AvgIpc) is 3.11. The summed E-state index contributed by atoms with van der Waals surface area (Å²) in [6.45, 7) is 0.278. The molecule has 2 unspecified atom stereocenters. The SMILES string of the molecule is O=c1ccc(-c2cccs2)nn1CC1(O)CC2CCC(C1)N2. The van der Waals surface area contributed by atoms with Crippen molar-refractivity contribution in [1.29, 1.82) is 0 Å². The number of rotatable bonds is 3. The van der Waals surface area contributed by atoms with Crippen molar-refractivity contribution in [2.24, 2.45) is 0 Å². The van der Waals surface area contributed by atoms with Gasteiger partial charge >= 0.3 is 0 Å². The van der Waals surface area contributed by atoms with Crippen LogP contribution in [0.5, 0.6) is 0 Å². The maximum atomic E-state index is 12.1. The van der Waals surface area contributed by atoms with Crippen LogP contribution in [0.15, 0.2) is 34.4 Å². The number of aromatic nitrogens is 2. The van der Waals surface area contributed by atoms with Gasteiger partial charge in [-0.05, 0) is 43.2 Å². The summed E-state index contributed by atoms with van der Waals surface area (Å²) in [4.78, 5) is 13.1. The van der Waals surface area contributed by atoms with E-state index < -0.39 is 5.60 Å². The third-order valence-corrected chi connectivity index (χ3v) is 5.56. The summed E-state index contributed by atoms with van der Waals surface area (Å²) in [7, 11) is 0. The molecule has 0 saturated carbocycles. The van der Waals surface area contributed by atoms with Crippen LogP contribution in [0.4, 0.5) is 0 Å². The Morgan fingerprint density at radius 1 is 1.32 bits per heavy atom. The molecule has 2 fully saturated rings. The molecule has 0 aromatic carbocycles. The number of nitrogens with zero attached hydrogens (tertiary/aromatic N) is 2. The van der Waals surface area contributed by atoms with Gasteiger partial charge in [0.15, 0.2) is 0 Å². The largest absolute Gasteiger partial charge is 0.388 e. The zero-order valence-corrected chi connectivity index (χ0v) is 13.1. The summed E-state index contributed by atoms with van der Waals surface area (Å²) < 4.78 is 1.43. The number of piperidine rings is 1. The topological polar surface area (TPSA) is 67.2 Å². The number of fused-ring (bicyclic) bond motifs is 2. The number of hydrogen-bond acceptors (Lipinski definition) is 5. The van der Waals surface area contributed by atoms with Gasteiger partial charge < -0.3 is 10.4 Å². The second-order valence-electron chi connectivity index (χ2n) is 6.46. The third-order valence-electron chi connectivity index (χ3n) is 4.67. The molecule has 2 aliphatic heterocycles. The van der Waals surface area contributed by atoms with Crippen molar-refractivity contribution in [1.82, 2.24) is 15.1 Å². The first-order valence-corrected chi connectivity index (χ1v) is 8.60. The lowest BCUT2D eigenvalue weighted by Crippen LogP contribution is -2.51. The van der Waals surface area contributed by atoms with E-state index in [1.807, 2.05) is 17.5 Å². The fourth-order valence-electron chi connectivity index (χ4n) is 3.75. The lowest BCUT2D eigenvalue weighted by Gasteiger charge is -2.37. The summed E-state index contributed by atoms with van der Waals surface area (Å²) in [5.74, 6) is 0. The van der Waals surface area contributed by atoms with Crippen molar-refractivity contribution in [2.45, 2.75) is 49.9 Å². The standard InChI is InChI=1S/C16H19N3O2S/c20-15-6-5-13(14-2-1-7-22-14)18-19(15)10-16(21)8-11-3-4-12(9-16)17-11/h1-2,5-7,11-12,17,21H,3-4,8-10H2. The van der Waals surface area contributed by atoms with Crippen LogP contribution in [-0.2, 0) is 6.54 Å². The van der Waals surface area contributed by atoms with Gasteiger partial charge in [-0.1, -0.05) is 6.07 Å². The first-order chi connectivity index (χ1) is 10.6. The van der Waals surface area contributed by atoms with Gasteiger partial charge in [-0.3, -0.25) is 4.79 Å². The average molecular weight is 317 g/mol. The van der Waals surface area contributed by atoms with Crippen LogP contribution in [0.1, 0.15) is 25.7 Å². The van der Waals surface area contributed by atoms with E-state index in [0.29, 0.717) is 24.9 Å². The highest BCUT2D eigenvalue weighted by Crippen LogP contribution is 2.34. The highest BCUT2D eigenvalue weighted by molar-refractivity contribution is 7.13. The van der Waals surface area contributed by atoms with Gasteiger partial charge in [-0.15, -0.1) is 11.3 Å². The Labute approximate surface area is 132 Å². The Morgan fingerprint density at radius 3 is 2.77 bits per heavy atom. The van der Waals surface area contributed by atoms with Crippen LogP contribution in [0.3, 0.4) is 0 Å². The van der Waals surface area contributed by atoms with Crippen molar-refractivity contribution in [3.05, 3.63) is 40.0 Å². The smallest absolute Gasteiger partial charge is 0.266 e. The quantitative estimate of drug-likeness (QED) is 0.903. The molecule has 2 atom stereocenters. The van der Waals surface area contributed by atoms with E-state index in [1.54, 1.807) is 23.5 Å². The highest BCUT2D eigenvalue weighted by atomic mass is 32.1. The normalized spacial score (nSPS) is 30.6. The maximum Gasteiger partial charge on any atom is 0.266 e. The highest BCUT2D eigenvalue weighted by Gasteiger charge is 2.42. The molecule has 2 aliphatic rings. The molecule has 4 heterocycles. The van der Waals surface area contributed by atoms with Crippen LogP contribution in [0.25, 0.3) is 10.6 Å². The van der Waals surface area contributed by atoms with E-state index in [0.717, 1.165) is 23.4 Å². The maximum absolute atomic E-state index is 12.1. The minimum atomic E-state index is -0.831. The van der Waals surface area contributed by atoms with Gasteiger partial charge in [-0.2, -0.15) is 5.10 Å². The molecule has 0 radical (unpaired) electrons. The van der Waals surface area contributed by atoms with E-state index >= 15 is 0 Å². The van der Waals surface area contributed by atoms with Crippen molar-refractivity contribution < 1.29 is 5.11 Å². The van der Waals surface area contributed by atoms with Gasteiger partial charge in [0.1, 0.15) is 5.69 Å². The molecule has 2 N–H and O–H groups in total. The van der Waals surface area contributed by atoms with Crippen LogP contribution in [-0.4, -0.2) is 32.6 Å². The lowest BCUT2D eigenvalue weighted by molar-refractivity contribution is -0.0249. The van der Waals surface area contributed by atoms with Gasteiger partial charge in [0.2, 0.25) is 0 Å². The van der Waals surface area contributed by atoms with Crippen molar-refractivity contribution in [3.63, 3.8) is 0 Å². The summed E-state index contributed by atoms with van der Waals surface area (Å²) in [5.41, 5.74) is -0.197. The predicted octanol–water partition coefficient (Wildman–Crippen LogP) is 1.62. The Bertz CT molecular complexity index is 713. The van der Waals surface area contributed by atoms with E-state index in [4.69, 9.17) is 0 Å². The lowest BCUT2D eigenvalue weighted by atomic mass is 9.87. The van der Waals surface area contributed by atoms with Crippen molar-refractivity contribution >= 4 is 11.3 Å². The molecule has 0 aliphatic carbocycles. The molecular formula is C16H19N3O2S. The number of thiophene rings is 1. The van der Waals surface area contributed by atoms with Gasteiger partial charge in [0, 0.05) is 18.2 Å². The fourth-order valence-corrected chi connectivity index (χ4v) is 4.44. The van der Waals surface area contributed by atoms with Crippen LogP contribution in [0, 0.1) is 0 Å². The first-order valence-electron chi connectivity index (χ1n) is 7.72. The second kappa shape index (κ2) is 5.30. The fraction of sp³-hybridized carbons (Fsp3) is 0.500. The van der Waals surface area contributed by atoms with E-state index in [2.05, 4.69) is 10.4 Å². The molecular weight excluding hydrogens is 298 g/mol. The molecule has 2 aromatic rings. The van der Waals surface area contributed by atoms with Crippen LogP contribution < -0.4 is 10.9 Å². The van der Waals surface area contributed by atoms with Crippen molar-refractivity contribution in [2.75, 3.05) is 0 Å². The molecule has 2 aromatic heterocycles. The zero-order chi connectivity index (χ0) is 15.2. The predicted molar refractivity (Wildman–Crippen MR) is 85.9 cm³/mol. The molecule has 0 amide bonds. The van der Waals surface area contributed by atoms with Gasteiger partial charge in [0.25, 0.3) is 5.56 Å². The Kier molecular flexibility index (Phi) is 3.40. The number of nitrogens with one attached hydrogen (secondary N) is 1. The van der Waals surface area contributed by atoms with Crippen LogP contribution in [0.2, 0.25) is 0 Å². The Morgan fingerprint density at radius 2 is 2.09 bits per heavy atom. The number of hydrogen-bond donors (Lipinski definition) is 2. The van der Waals surface area contributed by atoms with Crippen molar-refractivity contribution in [3.8, 4) is 10.6 Å². The van der Waals surface area contributed by atoms with Crippen LogP contribution >= 0.6 is 11.3 Å². The molecule has 5 nitrogen and oxygen atoms in total. The number of aliphatic hydroxyl groups is 1. The molecule has 6 heteroatoms. The Balaban J connectivity index is 1.62. The molecule has 4 rings (SSSR count). The third kappa shape index (κ3) is 2.62. The second-order valence-corrected chi connectivity index (χ2v) is 7.41. The molecule has 0 spiro atoms. The summed E-state index contributed by atoms with van der Waals surface area (Å²) >= 11 is 1.60. The van der Waals surface area contributed by atoms with Gasteiger partial charge in [-0.25, -0.2) is 4.68 Å². The Hall–Kier alpha value is -1.50. The zero-order valence-electron chi connectivity index (χ0n) is 12.2. The molecule has 22 heavy (non-hydrogen) atoms. The monoisotopic (exact) mass is 317 g/mol. The first kappa shape index (κ1) is 14.1. The minimum Gasteiger partial charge on any atom is -0.388 e. The summed E-state index contributed by atoms with van der Waals surface area (Å²) in [6.07, 6.45) is 3.62.